The van der Waals surface area contributed by atoms with Gasteiger partial charge in [-0.25, -0.2) is 0 Å². The molecule has 0 aromatic carbocycles. The van der Waals surface area contributed by atoms with Crippen molar-refractivity contribution in [2.75, 3.05) is 13.2 Å². The molecule has 0 spiro atoms. The maximum Gasteiger partial charge on any atom is 0.355 e. The molecule has 9 heteroatoms. The van der Waals surface area contributed by atoms with Gasteiger partial charge in [0, 0.05) is 20.3 Å². The van der Waals surface area contributed by atoms with E-state index < -0.39 is 50.0 Å². The number of carbonyl (C=O) groups excluding carboxylic acids is 1. The summed E-state index contributed by atoms with van der Waals surface area (Å²) in [5.41, 5.74) is 0. The number of rotatable bonds is 12. The van der Waals surface area contributed by atoms with Crippen LogP contribution >= 0.6 is 0 Å². The Hall–Kier alpha value is -0.930. The number of alkyl halides is 4. The van der Waals surface area contributed by atoms with Gasteiger partial charge >= 0.3 is 18.2 Å². The van der Waals surface area contributed by atoms with Gasteiger partial charge in [-0.2, -0.15) is 17.6 Å². The fourth-order valence-electron chi connectivity index (χ4n) is 1.63. The monoisotopic (exact) mass is 348 g/mol. The Balaban J connectivity index is 4.01. The molecule has 23 heavy (non-hydrogen) atoms. The average Bonchev–Trinajstić information content (AvgIpc) is 2.40. The van der Waals surface area contributed by atoms with Gasteiger partial charge in [0.1, 0.15) is 6.10 Å². The number of hydrogen-bond donors (Lipinski definition) is 1. The number of esters is 1. The Morgan fingerprint density at radius 3 is 2.26 bits per heavy atom. The molecule has 2 unspecified atom stereocenters. The van der Waals surface area contributed by atoms with E-state index in [1.807, 2.05) is 0 Å². The van der Waals surface area contributed by atoms with Gasteiger partial charge in [0.2, 0.25) is 0 Å². The highest BCUT2D eigenvalue weighted by Crippen LogP contribution is 2.24. The first-order chi connectivity index (χ1) is 10.4. The maximum atomic E-state index is 13.5. The lowest BCUT2D eigenvalue weighted by atomic mass is 10.1. The minimum absolute atomic E-state index is 0.129. The standard InChI is InChI=1S/C14H24F4O5/c1-4-12(23-10(2)19)9-22-14(17,18)7-5-6-11(20)8-21-13(3,15)16/h11-12,20H,4-9H2,1-3H3. The maximum absolute atomic E-state index is 13.5. The fourth-order valence-corrected chi connectivity index (χ4v) is 1.63. The lowest BCUT2D eigenvalue weighted by Crippen LogP contribution is -2.29. The van der Waals surface area contributed by atoms with Gasteiger partial charge in [0.15, 0.2) is 0 Å². The summed E-state index contributed by atoms with van der Waals surface area (Å²) in [6.07, 6.45) is -9.49. The molecule has 0 rings (SSSR count). The summed E-state index contributed by atoms with van der Waals surface area (Å²) in [7, 11) is 0. The van der Waals surface area contributed by atoms with Gasteiger partial charge in [0.25, 0.3) is 0 Å². The highest BCUT2D eigenvalue weighted by Gasteiger charge is 2.31. The van der Waals surface area contributed by atoms with Crippen molar-refractivity contribution in [3.63, 3.8) is 0 Å². The highest BCUT2D eigenvalue weighted by molar-refractivity contribution is 5.66. The highest BCUT2D eigenvalue weighted by atomic mass is 19.3. The van der Waals surface area contributed by atoms with E-state index in [-0.39, 0.29) is 12.8 Å². The van der Waals surface area contributed by atoms with E-state index in [1.165, 1.54) is 6.92 Å². The van der Waals surface area contributed by atoms with Gasteiger partial charge in [-0.15, -0.1) is 0 Å². The smallest absolute Gasteiger partial charge is 0.355 e. The van der Waals surface area contributed by atoms with Crippen molar-refractivity contribution >= 4 is 5.97 Å². The molecule has 0 radical (unpaired) electrons. The molecule has 0 heterocycles. The summed E-state index contributed by atoms with van der Waals surface area (Å²) in [6, 6.07) is 0. The number of ether oxygens (including phenoxy) is 3. The first-order valence-corrected chi connectivity index (χ1v) is 7.34. The molecular weight excluding hydrogens is 324 g/mol. The van der Waals surface area contributed by atoms with Crippen LogP contribution in [0.1, 0.15) is 46.5 Å². The molecule has 0 saturated heterocycles. The summed E-state index contributed by atoms with van der Waals surface area (Å²) < 4.78 is 65.0. The Labute approximate surface area is 132 Å². The van der Waals surface area contributed by atoms with Crippen LogP contribution in [0.5, 0.6) is 0 Å². The molecule has 0 aliphatic carbocycles. The molecule has 0 aliphatic rings. The lowest BCUT2D eigenvalue weighted by Gasteiger charge is -2.21. The molecule has 0 fully saturated rings. The van der Waals surface area contributed by atoms with Crippen molar-refractivity contribution in [1.29, 1.82) is 0 Å². The van der Waals surface area contributed by atoms with Crippen molar-refractivity contribution in [3.05, 3.63) is 0 Å². The van der Waals surface area contributed by atoms with Gasteiger partial charge in [0.05, 0.1) is 19.3 Å². The normalized spacial score (nSPS) is 15.3. The van der Waals surface area contributed by atoms with Gasteiger partial charge in [-0.1, -0.05) is 6.92 Å². The van der Waals surface area contributed by atoms with E-state index in [0.717, 1.165) is 0 Å². The second-order valence-corrected chi connectivity index (χ2v) is 5.25. The summed E-state index contributed by atoms with van der Waals surface area (Å²) in [4.78, 5) is 10.8. The topological polar surface area (TPSA) is 65.0 Å². The predicted octanol–water partition coefficient (Wildman–Crippen LogP) is 3.10. The van der Waals surface area contributed by atoms with Crippen LogP contribution in [0.15, 0.2) is 0 Å². The zero-order chi connectivity index (χ0) is 18.1. The summed E-state index contributed by atoms with van der Waals surface area (Å²) >= 11 is 0. The van der Waals surface area contributed by atoms with Crippen LogP contribution in [0.3, 0.4) is 0 Å². The van der Waals surface area contributed by atoms with E-state index in [0.29, 0.717) is 13.3 Å². The van der Waals surface area contributed by atoms with E-state index in [2.05, 4.69) is 9.47 Å². The van der Waals surface area contributed by atoms with Crippen molar-refractivity contribution in [2.45, 2.75) is 70.9 Å². The molecule has 0 amide bonds. The molecule has 138 valence electrons. The van der Waals surface area contributed by atoms with Crippen molar-refractivity contribution in [3.8, 4) is 0 Å². The van der Waals surface area contributed by atoms with Gasteiger partial charge in [-0.3, -0.25) is 4.79 Å². The minimum atomic E-state index is -3.46. The van der Waals surface area contributed by atoms with Crippen LogP contribution in [0.2, 0.25) is 0 Å². The zero-order valence-electron chi connectivity index (χ0n) is 13.5. The SMILES string of the molecule is CCC(COC(F)(F)CCCC(O)COC(C)(F)F)OC(C)=O. The zero-order valence-corrected chi connectivity index (χ0v) is 13.5. The van der Waals surface area contributed by atoms with Crippen molar-refractivity contribution in [1.82, 2.24) is 0 Å². The molecule has 1 N–H and O–H groups in total. The van der Waals surface area contributed by atoms with Crippen LogP contribution in [0.25, 0.3) is 0 Å². The molecule has 0 aromatic rings. The third-order valence-corrected chi connectivity index (χ3v) is 2.80. The van der Waals surface area contributed by atoms with Crippen molar-refractivity contribution < 1.29 is 41.7 Å². The number of hydrogen-bond acceptors (Lipinski definition) is 5. The van der Waals surface area contributed by atoms with E-state index in [4.69, 9.17) is 4.74 Å². The number of aliphatic hydroxyl groups excluding tert-OH is 1. The van der Waals surface area contributed by atoms with E-state index >= 15 is 0 Å². The van der Waals surface area contributed by atoms with Crippen LogP contribution in [-0.4, -0.2) is 48.7 Å². The van der Waals surface area contributed by atoms with Gasteiger partial charge in [-0.05, 0) is 19.3 Å². The largest absolute Gasteiger partial charge is 0.460 e. The third-order valence-electron chi connectivity index (χ3n) is 2.80. The Kier molecular flexibility index (Phi) is 9.64. The number of halogens is 4. The summed E-state index contributed by atoms with van der Waals surface area (Å²) in [5.74, 6) is -0.584. The molecule has 2 atom stereocenters. The quantitative estimate of drug-likeness (QED) is 0.434. The molecule has 5 nitrogen and oxygen atoms in total. The second-order valence-electron chi connectivity index (χ2n) is 5.25. The second kappa shape index (κ2) is 10.0. The molecule has 0 bridgehead atoms. The molecular formula is C14H24F4O5. The first-order valence-electron chi connectivity index (χ1n) is 7.34. The van der Waals surface area contributed by atoms with Crippen LogP contribution in [0, 0.1) is 0 Å². The van der Waals surface area contributed by atoms with Gasteiger partial charge < -0.3 is 19.3 Å². The summed E-state index contributed by atoms with van der Waals surface area (Å²) in [5, 5.41) is 9.36. The Morgan fingerprint density at radius 2 is 1.78 bits per heavy atom. The average molecular weight is 348 g/mol. The first kappa shape index (κ1) is 22.1. The van der Waals surface area contributed by atoms with Crippen LogP contribution in [-0.2, 0) is 19.0 Å². The Morgan fingerprint density at radius 1 is 1.17 bits per heavy atom. The minimum Gasteiger partial charge on any atom is -0.460 e. The molecule has 0 aromatic heterocycles. The Bertz CT molecular complexity index is 347. The third kappa shape index (κ3) is 13.2. The van der Waals surface area contributed by atoms with Crippen LogP contribution in [0.4, 0.5) is 17.6 Å². The van der Waals surface area contributed by atoms with Crippen LogP contribution < -0.4 is 0 Å². The van der Waals surface area contributed by atoms with E-state index in [9.17, 15) is 27.5 Å². The predicted molar refractivity (Wildman–Crippen MR) is 73.2 cm³/mol. The van der Waals surface area contributed by atoms with E-state index in [1.54, 1.807) is 6.92 Å². The number of carbonyl (C=O) groups is 1. The molecule has 0 saturated carbocycles. The fraction of sp³-hybridized carbons (Fsp3) is 0.929. The lowest BCUT2D eigenvalue weighted by molar-refractivity contribution is -0.255. The summed E-state index contributed by atoms with van der Waals surface area (Å²) in [6.45, 7) is 2.27. The molecule has 0 aliphatic heterocycles. The van der Waals surface area contributed by atoms with Crippen molar-refractivity contribution in [2.24, 2.45) is 0 Å². The number of aliphatic hydroxyl groups is 1.